The van der Waals surface area contributed by atoms with Crippen molar-refractivity contribution in [3.05, 3.63) is 35.4 Å². The van der Waals surface area contributed by atoms with Crippen LogP contribution in [0.25, 0.3) is 0 Å². The molecule has 0 aromatic heterocycles. The third-order valence-corrected chi connectivity index (χ3v) is 4.21. The van der Waals surface area contributed by atoms with Gasteiger partial charge in [0.1, 0.15) is 0 Å². The Kier molecular flexibility index (Phi) is 4.78. The molecule has 1 aliphatic rings. The molecule has 1 aromatic rings. The molecule has 2 atom stereocenters. The van der Waals surface area contributed by atoms with Gasteiger partial charge in [-0.05, 0) is 30.9 Å². The minimum Gasteiger partial charge on any atom is -0.392 e. The van der Waals surface area contributed by atoms with E-state index in [4.69, 9.17) is 10.8 Å². The zero-order valence-corrected chi connectivity index (χ0v) is 12.1. The number of hydrogen-bond donors (Lipinski definition) is 3. The molecule has 1 aliphatic carbocycles. The number of carbonyl (C=O) groups excluding carboxylic acids is 1. The van der Waals surface area contributed by atoms with E-state index >= 15 is 0 Å². The third kappa shape index (κ3) is 3.58. The number of nitrogens with one attached hydrogen (secondary N) is 1. The molecule has 4 nitrogen and oxygen atoms in total. The van der Waals surface area contributed by atoms with Gasteiger partial charge in [0.15, 0.2) is 0 Å². The van der Waals surface area contributed by atoms with Crippen molar-refractivity contribution in [2.75, 3.05) is 0 Å². The lowest BCUT2D eigenvalue weighted by Gasteiger charge is -2.37. The molecule has 0 spiro atoms. The Balaban J connectivity index is 1.94. The molecule has 0 saturated heterocycles. The van der Waals surface area contributed by atoms with Crippen LogP contribution in [-0.2, 0) is 17.9 Å². The lowest BCUT2D eigenvalue weighted by molar-refractivity contribution is -0.128. The van der Waals surface area contributed by atoms with Crippen LogP contribution in [0.1, 0.15) is 43.7 Å². The summed E-state index contributed by atoms with van der Waals surface area (Å²) in [7, 11) is 0. The van der Waals surface area contributed by atoms with Crippen LogP contribution in [0.15, 0.2) is 24.3 Å². The van der Waals surface area contributed by atoms with Gasteiger partial charge in [-0.1, -0.05) is 37.1 Å². The molecular formula is C16H24N2O2. The fourth-order valence-electron chi connectivity index (χ4n) is 2.94. The molecule has 1 aromatic carbocycles. The summed E-state index contributed by atoms with van der Waals surface area (Å²) < 4.78 is 0. The molecule has 0 heterocycles. The molecule has 4 N–H and O–H groups in total. The lowest BCUT2D eigenvalue weighted by Crippen LogP contribution is -2.52. The average Bonchev–Trinajstić information content (AvgIpc) is 2.44. The second-order valence-corrected chi connectivity index (χ2v) is 6.00. The predicted octanol–water partition coefficient (Wildman–Crippen LogP) is 1.70. The highest BCUT2D eigenvalue weighted by Crippen LogP contribution is 2.31. The van der Waals surface area contributed by atoms with Crippen LogP contribution >= 0.6 is 0 Å². The van der Waals surface area contributed by atoms with Crippen molar-refractivity contribution in [2.24, 2.45) is 11.7 Å². The maximum Gasteiger partial charge on any atom is 0.225 e. The molecular weight excluding hydrogens is 252 g/mol. The van der Waals surface area contributed by atoms with Gasteiger partial charge in [-0.3, -0.25) is 4.79 Å². The molecule has 20 heavy (non-hydrogen) atoms. The third-order valence-electron chi connectivity index (χ3n) is 4.21. The Bertz CT molecular complexity index is 471. The van der Waals surface area contributed by atoms with Gasteiger partial charge in [0.25, 0.3) is 0 Å². The van der Waals surface area contributed by atoms with Crippen LogP contribution in [-0.4, -0.2) is 16.6 Å². The van der Waals surface area contributed by atoms with Crippen LogP contribution in [0.2, 0.25) is 0 Å². The van der Waals surface area contributed by atoms with Crippen molar-refractivity contribution < 1.29 is 9.90 Å². The van der Waals surface area contributed by atoms with Crippen molar-refractivity contribution in [3.8, 4) is 0 Å². The van der Waals surface area contributed by atoms with Crippen LogP contribution in [0, 0.1) is 5.92 Å². The Labute approximate surface area is 120 Å². The van der Waals surface area contributed by atoms with Crippen molar-refractivity contribution in [2.45, 2.75) is 51.3 Å². The van der Waals surface area contributed by atoms with Crippen molar-refractivity contribution in [1.82, 2.24) is 5.32 Å². The van der Waals surface area contributed by atoms with E-state index in [1.54, 1.807) is 0 Å². The Morgan fingerprint density at radius 1 is 1.45 bits per heavy atom. The number of aliphatic hydroxyl groups is 1. The summed E-state index contributed by atoms with van der Waals surface area (Å²) in [4.78, 5) is 12.3. The molecule has 0 aliphatic heterocycles. The topological polar surface area (TPSA) is 75.4 Å². The van der Waals surface area contributed by atoms with Crippen molar-refractivity contribution in [3.63, 3.8) is 0 Å². The van der Waals surface area contributed by atoms with E-state index in [0.717, 1.165) is 36.8 Å². The van der Waals surface area contributed by atoms with E-state index < -0.39 is 5.54 Å². The van der Waals surface area contributed by atoms with Crippen LogP contribution in [0.5, 0.6) is 0 Å². The Morgan fingerprint density at radius 3 is 2.90 bits per heavy atom. The van der Waals surface area contributed by atoms with E-state index in [1.165, 1.54) is 0 Å². The smallest absolute Gasteiger partial charge is 0.225 e. The SMILES string of the molecule is CC1(N)CCCCC1C(=O)NCc1cccc(CO)c1. The molecule has 2 unspecified atom stereocenters. The number of carbonyl (C=O) groups is 1. The van der Waals surface area contributed by atoms with Gasteiger partial charge in [-0.15, -0.1) is 0 Å². The van der Waals surface area contributed by atoms with Gasteiger partial charge < -0.3 is 16.2 Å². The first-order valence-corrected chi connectivity index (χ1v) is 7.28. The summed E-state index contributed by atoms with van der Waals surface area (Å²) in [5.74, 6) is -0.0543. The maximum absolute atomic E-state index is 12.3. The van der Waals surface area contributed by atoms with Crippen LogP contribution in [0.4, 0.5) is 0 Å². The molecule has 110 valence electrons. The zero-order valence-electron chi connectivity index (χ0n) is 12.1. The quantitative estimate of drug-likeness (QED) is 0.783. The summed E-state index contributed by atoms with van der Waals surface area (Å²) in [6, 6.07) is 7.61. The number of hydrogen-bond acceptors (Lipinski definition) is 3. The van der Waals surface area contributed by atoms with E-state index in [0.29, 0.717) is 6.54 Å². The van der Waals surface area contributed by atoms with Crippen LogP contribution < -0.4 is 11.1 Å². The van der Waals surface area contributed by atoms with Gasteiger partial charge in [0.05, 0.1) is 12.5 Å². The highest BCUT2D eigenvalue weighted by molar-refractivity contribution is 5.80. The van der Waals surface area contributed by atoms with Crippen LogP contribution in [0.3, 0.4) is 0 Å². The number of amides is 1. The number of nitrogens with two attached hydrogens (primary N) is 1. The first-order valence-electron chi connectivity index (χ1n) is 7.28. The van der Waals surface area contributed by atoms with E-state index in [1.807, 2.05) is 31.2 Å². The second-order valence-electron chi connectivity index (χ2n) is 6.00. The fraction of sp³-hybridized carbons (Fsp3) is 0.562. The van der Waals surface area contributed by atoms with E-state index in [9.17, 15) is 4.79 Å². The minimum absolute atomic E-state index is 0.0191. The first kappa shape index (κ1) is 15.0. The molecule has 0 radical (unpaired) electrons. The van der Waals surface area contributed by atoms with Gasteiger partial charge in [-0.25, -0.2) is 0 Å². The molecule has 0 bridgehead atoms. The molecule has 1 saturated carbocycles. The zero-order chi connectivity index (χ0) is 14.6. The minimum atomic E-state index is -0.394. The van der Waals surface area contributed by atoms with Gasteiger partial charge >= 0.3 is 0 Å². The summed E-state index contributed by atoms with van der Waals surface area (Å²) >= 11 is 0. The maximum atomic E-state index is 12.3. The number of benzene rings is 1. The highest BCUT2D eigenvalue weighted by Gasteiger charge is 2.37. The number of rotatable bonds is 4. The molecule has 1 fully saturated rings. The Hall–Kier alpha value is -1.39. The molecule has 2 rings (SSSR count). The van der Waals surface area contributed by atoms with E-state index in [-0.39, 0.29) is 18.4 Å². The van der Waals surface area contributed by atoms with Gasteiger partial charge in [0.2, 0.25) is 5.91 Å². The second kappa shape index (κ2) is 6.37. The van der Waals surface area contributed by atoms with Gasteiger partial charge in [0, 0.05) is 12.1 Å². The monoisotopic (exact) mass is 276 g/mol. The summed E-state index contributed by atoms with van der Waals surface area (Å²) in [5, 5.41) is 12.1. The highest BCUT2D eigenvalue weighted by atomic mass is 16.3. The normalized spacial score (nSPS) is 26.2. The average molecular weight is 276 g/mol. The summed E-state index contributed by atoms with van der Waals surface area (Å²) in [6.45, 7) is 2.48. The first-order chi connectivity index (χ1) is 9.53. The molecule has 1 amide bonds. The summed E-state index contributed by atoms with van der Waals surface area (Å²) in [5.41, 5.74) is 7.71. The predicted molar refractivity (Wildman–Crippen MR) is 78.8 cm³/mol. The lowest BCUT2D eigenvalue weighted by atomic mass is 9.74. The number of aliphatic hydroxyl groups excluding tert-OH is 1. The van der Waals surface area contributed by atoms with Gasteiger partial charge in [-0.2, -0.15) is 0 Å². The summed E-state index contributed by atoms with van der Waals surface area (Å²) in [6.07, 6.45) is 3.96. The standard InChI is InChI=1S/C16H24N2O2/c1-16(17)8-3-2-7-14(16)15(20)18-10-12-5-4-6-13(9-12)11-19/h4-6,9,14,19H,2-3,7-8,10-11,17H2,1H3,(H,18,20). The Morgan fingerprint density at radius 2 is 2.20 bits per heavy atom. The fourth-order valence-corrected chi connectivity index (χ4v) is 2.94. The van der Waals surface area contributed by atoms with Crippen molar-refractivity contribution >= 4 is 5.91 Å². The molecule has 4 heteroatoms. The van der Waals surface area contributed by atoms with Crippen molar-refractivity contribution in [1.29, 1.82) is 0 Å². The van der Waals surface area contributed by atoms with E-state index in [2.05, 4.69) is 5.32 Å². The largest absolute Gasteiger partial charge is 0.392 e.